The van der Waals surface area contributed by atoms with Gasteiger partial charge < -0.3 is 5.32 Å². The van der Waals surface area contributed by atoms with Crippen LogP contribution in [-0.2, 0) is 10.2 Å². The van der Waals surface area contributed by atoms with Crippen molar-refractivity contribution in [1.29, 1.82) is 0 Å². The Bertz CT molecular complexity index is 365. The number of piperidine rings is 1. The van der Waals surface area contributed by atoms with Gasteiger partial charge in [-0.2, -0.15) is 17.0 Å². The fourth-order valence-corrected chi connectivity index (χ4v) is 4.05. The summed E-state index contributed by atoms with van der Waals surface area (Å²) >= 11 is 0. The molecule has 0 atom stereocenters. The lowest BCUT2D eigenvalue weighted by Gasteiger charge is -2.33. The number of rotatable bonds is 6. The second kappa shape index (κ2) is 7.22. The summed E-state index contributed by atoms with van der Waals surface area (Å²) in [4.78, 5) is 0. The van der Waals surface area contributed by atoms with E-state index in [-0.39, 0.29) is 12.4 Å². The van der Waals surface area contributed by atoms with E-state index in [1.54, 1.807) is 15.7 Å². The highest BCUT2D eigenvalue weighted by atomic mass is 35.5. The maximum absolute atomic E-state index is 12.3. The first-order valence-corrected chi connectivity index (χ1v) is 8.29. The Hall–Kier alpha value is 0.120. The highest BCUT2D eigenvalue weighted by Crippen LogP contribution is 2.30. The van der Waals surface area contributed by atoms with Crippen LogP contribution in [0, 0.1) is 11.8 Å². The summed E-state index contributed by atoms with van der Waals surface area (Å²) in [6, 6.07) is 0. The molecule has 1 aliphatic heterocycles. The Morgan fingerprint density at radius 3 is 2.21 bits per heavy atom. The van der Waals surface area contributed by atoms with Gasteiger partial charge in [0.25, 0.3) is 10.2 Å². The van der Waals surface area contributed by atoms with Crippen LogP contribution < -0.4 is 5.32 Å². The van der Waals surface area contributed by atoms with Crippen molar-refractivity contribution < 1.29 is 8.42 Å². The van der Waals surface area contributed by atoms with Crippen molar-refractivity contribution in [3.8, 4) is 0 Å². The highest BCUT2D eigenvalue weighted by Gasteiger charge is 2.33. The molecule has 1 saturated heterocycles. The molecule has 0 aromatic heterocycles. The molecule has 1 heterocycles. The minimum atomic E-state index is -3.21. The Kier molecular flexibility index (Phi) is 6.53. The van der Waals surface area contributed by atoms with Gasteiger partial charge in [-0.05, 0) is 51.1 Å². The summed E-state index contributed by atoms with van der Waals surface area (Å²) in [5.41, 5.74) is 0. The van der Waals surface area contributed by atoms with Gasteiger partial charge in [-0.15, -0.1) is 12.4 Å². The second-order valence-electron chi connectivity index (χ2n) is 5.63. The van der Waals surface area contributed by atoms with Crippen molar-refractivity contribution in [2.24, 2.45) is 11.8 Å². The Morgan fingerprint density at radius 1 is 1.16 bits per heavy atom. The first-order chi connectivity index (χ1) is 8.54. The highest BCUT2D eigenvalue weighted by molar-refractivity contribution is 7.86. The molecule has 1 N–H and O–H groups in total. The number of hydrogen-bond donors (Lipinski definition) is 1. The fraction of sp³-hybridized carbons (Fsp3) is 1.00. The van der Waals surface area contributed by atoms with Gasteiger partial charge in [0.15, 0.2) is 0 Å². The Morgan fingerprint density at radius 2 is 1.74 bits per heavy atom. The van der Waals surface area contributed by atoms with E-state index in [1.165, 1.54) is 12.8 Å². The minimum absolute atomic E-state index is 0. The standard InChI is InChI=1S/C12H25N3O2S.ClH/c1-13-9-11-5-7-15(8-6-11)18(16,17)14(2)10-12-3-4-12;/h11-13H,3-10H2,1-2H3;1H. The van der Waals surface area contributed by atoms with Crippen LogP contribution in [0.25, 0.3) is 0 Å². The van der Waals surface area contributed by atoms with Crippen LogP contribution in [0.5, 0.6) is 0 Å². The predicted molar refractivity (Wildman–Crippen MR) is 79.7 cm³/mol. The molecular formula is C12H26ClN3O2S. The maximum Gasteiger partial charge on any atom is 0.281 e. The molecule has 2 rings (SSSR count). The lowest BCUT2D eigenvalue weighted by Crippen LogP contribution is -2.47. The summed E-state index contributed by atoms with van der Waals surface area (Å²) in [5, 5.41) is 3.17. The third kappa shape index (κ3) is 4.56. The van der Waals surface area contributed by atoms with E-state index in [9.17, 15) is 8.42 Å². The van der Waals surface area contributed by atoms with E-state index in [0.29, 0.717) is 31.5 Å². The molecule has 5 nitrogen and oxygen atoms in total. The zero-order chi connectivity index (χ0) is 13.2. The van der Waals surface area contributed by atoms with Crippen LogP contribution in [-0.4, -0.2) is 57.3 Å². The zero-order valence-electron chi connectivity index (χ0n) is 11.8. The lowest BCUT2D eigenvalue weighted by molar-refractivity contribution is 0.255. The minimum Gasteiger partial charge on any atom is -0.319 e. The third-order valence-corrected chi connectivity index (χ3v) is 5.95. The largest absolute Gasteiger partial charge is 0.319 e. The van der Waals surface area contributed by atoms with Crippen molar-refractivity contribution in [1.82, 2.24) is 13.9 Å². The van der Waals surface area contributed by atoms with E-state index < -0.39 is 10.2 Å². The normalized spacial score (nSPS) is 22.5. The van der Waals surface area contributed by atoms with Crippen LogP contribution in [0.15, 0.2) is 0 Å². The van der Waals surface area contributed by atoms with Crippen molar-refractivity contribution in [2.75, 3.05) is 40.3 Å². The quantitative estimate of drug-likeness (QED) is 0.794. The topological polar surface area (TPSA) is 52.7 Å². The molecular weight excluding hydrogens is 286 g/mol. The van der Waals surface area contributed by atoms with Gasteiger partial charge in [0, 0.05) is 26.7 Å². The van der Waals surface area contributed by atoms with Crippen molar-refractivity contribution in [3.63, 3.8) is 0 Å². The maximum atomic E-state index is 12.3. The van der Waals surface area contributed by atoms with E-state index in [4.69, 9.17) is 0 Å². The SMILES string of the molecule is CNCC1CCN(S(=O)(=O)N(C)CC2CC2)CC1.Cl. The average Bonchev–Trinajstić information content (AvgIpc) is 3.14. The molecule has 0 radical (unpaired) electrons. The number of hydrogen-bond acceptors (Lipinski definition) is 3. The molecule has 114 valence electrons. The summed E-state index contributed by atoms with van der Waals surface area (Å²) < 4.78 is 27.9. The molecule has 0 amide bonds. The van der Waals surface area contributed by atoms with Crippen LogP contribution in [0.4, 0.5) is 0 Å². The van der Waals surface area contributed by atoms with Crippen LogP contribution in [0.3, 0.4) is 0 Å². The molecule has 0 bridgehead atoms. The molecule has 2 fully saturated rings. The summed E-state index contributed by atoms with van der Waals surface area (Å²) in [7, 11) is 0.457. The second-order valence-corrected chi connectivity index (χ2v) is 7.67. The molecule has 1 aliphatic carbocycles. The summed E-state index contributed by atoms with van der Waals surface area (Å²) in [6.45, 7) is 3.03. The smallest absolute Gasteiger partial charge is 0.281 e. The number of nitrogens with one attached hydrogen (secondary N) is 1. The molecule has 7 heteroatoms. The third-order valence-electron chi connectivity index (χ3n) is 4.00. The Labute approximate surface area is 123 Å². The number of halogens is 1. The van der Waals surface area contributed by atoms with Crippen LogP contribution >= 0.6 is 12.4 Å². The summed E-state index contributed by atoms with van der Waals surface area (Å²) in [5.74, 6) is 1.22. The molecule has 0 aromatic carbocycles. The van der Waals surface area contributed by atoms with Gasteiger partial charge in [0.1, 0.15) is 0 Å². The zero-order valence-corrected chi connectivity index (χ0v) is 13.5. The lowest BCUT2D eigenvalue weighted by atomic mass is 9.98. The van der Waals surface area contributed by atoms with Gasteiger partial charge in [0.2, 0.25) is 0 Å². The average molecular weight is 312 g/mol. The van der Waals surface area contributed by atoms with Crippen molar-refractivity contribution in [2.45, 2.75) is 25.7 Å². The van der Waals surface area contributed by atoms with Crippen molar-refractivity contribution >= 4 is 22.6 Å². The predicted octanol–water partition coefficient (Wildman–Crippen LogP) is 0.926. The first-order valence-electron chi connectivity index (χ1n) is 6.90. The Balaban J connectivity index is 0.00000180. The van der Waals surface area contributed by atoms with Crippen LogP contribution in [0.1, 0.15) is 25.7 Å². The molecule has 0 aromatic rings. The fourth-order valence-electron chi connectivity index (χ4n) is 2.59. The van der Waals surface area contributed by atoms with E-state index in [0.717, 1.165) is 19.4 Å². The summed E-state index contributed by atoms with van der Waals surface area (Å²) in [6.07, 6.45) is 4.31. The van der Waals surface area contributed by atoms with Gasteiger partial charge in [-0.1, -0.05) is 0 Å². The van der Waals surface area contributed by atoms with E-state index >= 15 is 0 Å². The van der Waals surface area contributed by atoms with Gasteiger partial charge in [-0.3, -0.25) is 0 Å². The molecule has 2 aliphatic rings. The molecule has 0 unspecified atom stereocenters. The van der Waals surface area contributed by atoms with E-state index in [2.05, 4.69) is 5.32 Å². The van der Waals surface area contributed by atoms with Gasteiger partial charge in [-0.25, -0.2) is 0 Å². The molecule has 19 heavy (non-hydrogen) atoms. The molecule has 1 saturated carbocycles. The van der Waals surface area contributed by atoms with Crippen LogP contribution in [0.2, 0.25) is 0 Å². The first kappa shape index (κ1) is 17.2. The van der Waals surface area contributed by atoms with Crippen molar-refractivity contribution in [3.05, 3.63) is 0 Å². The van der Waals surface area contributed by atoms with Gasteiger partial charge >= 0.3 is 0 Å². The van der Waals surface area contributed by atoms with Gasteiger partial charge in [0.05, 0.1) is 0 Å². The number of nitrogens with zero attached hydrogens (tertiary/aromatic N) is 2. The molecule has 0 spiro atoms. The van der Waals surface area contributed by atoms with E-state index in [1.807, 2.05) is 7.05 Å². The monoisotopic (exact) mass is 311 g/mol.